The van der Waals surface area contributed by atoms with E-state index >= 15 is 0 Å². The molecular formula is C18H26N2O3. The maximum Gasteiger partial charge on any atom is 0.248 e. The Morgan fingerprint density at radius 2 is 1.87 bits per heavy atom. The van der Waals surface area contributed by atoms with Gasteiger partial charge in [0.2, 0.25) is 11.8 Å². The average molecular weight is 318 g/mol. The Bertz CT molecular complexity index is 522. The van der Waals surface area contributed by atoms with Crippen LogP contribution in [0.25, 0.3) is 0 Å². The number of hydrogen-bond acceptors (Lipinski definition) is 3. The standard InChI is InChI=1S/C18H26N2O3/c1-3-19-17(22)18(13-15-7-5-4-6-8-15)9-11-20(12-10-18)16(21)14-23-2/h4-8H,3,9-14H2,1-2H3,(H,19,22). The van der Waals surface area contributed by atoms with Crippen LogP contribution in [0.5, 0.6) is 0 Å². The molecule has 5 heteroatoms. The SMILES string of the molecule is CCNC(=O)C1(Cc2ccccc2)CCN(C(=O)COC)CC1. The molecule has 0 unspecified atom stereocenters. The molecule has 1 aromatic rings. The second-order valence-electron chi connectivity index (χ2n) is 6.12. The third-order valence-corrected chi connectivity index (χ3v) is 4.55. The summed E-state index contributed by atoms with van der Waals surface area (Å²) in [6.45, 7) is 3.87. The molecule has 0 atom stereocenters. The fraction of sp³-hybridized carbons (Fsp3) is 0.556. The summed E-state index contributed by atoms with van der Waals surface area (Å²) >= 11 is 0. The van der Waals surface area contributed by atoms with Gasteiger partial charge in [-0.25, -0.2) is 0 Å². The lowest BCUT2D eigenvalue weighted by molar-refractivity contribution is -0.142. The Morgan fingerprint density at radius 3 is 2.43 bits per heavy atom. The number of rotatable bonds is 6. The maximum absolute atomic E-state index is 12.7. The third kappa shape index (κ3) is 4.32. The van der Waals surface area contributed by atoms with Crippen molar-refractivity contribution in [2.24, 2.45) is 5.41 Å². The van der Waals surface area contributed by atoms with Crippen LogP contribution < -0.4 is 5.32 Å². The van der Waals surface area contributed by atoms with Crippen molar-refractivity contribution >= 4 is 11.8 Å². The van der Waals surface area contributed by atoms with Crippen molar-refractivity contribution < 1.29 is 14.3 Å². The number of piperidine rings is 1. The van der Waals surface area contributed by atoms with Crippen LogP contribution in [0.15, 0.2) is 30.3 Å². The molecule has 0 bridgehead atoms. The molecule has 1 aliphatic heterocycles. The largest absolute Gasteiger partial charge is 0.375 e. The van der Waals surface area contributed by atoms with Crippen molar-refractivity contribution in [1.29, 1.82) is 0 Å². The first-order valence-corrected chi connectivity index (χ1v) is 8.20. The molecule has 0 aromatic heterocycles. The Balaban J connectivity index is 2.11. The van der Waals surface area contributed by atoms with Crippen LogP contribution in [0.4, 0.5) is 0 Å². The molecule has 1 aliphatic rings. The van der Waals surface area contributed by atoms with E-state index in [1.165, 1.54) is 7.11 Å². The summed E-state index contributed by atoms with van der Waals surface area (Å²) in [5.41, 5.74) is 0.733. The quantitative estimate of drug-likeness (QED) is 0.867. The first-order valence-electron chi connectivity index (χ1n) is 8.20. The minimum atomic E-state index is -0.429. The highest BCUT2D eigenvalue weighted by Gasteiger charge is 2.41. The summed E-state index contributed by atoms with van der Waals surface area (Å²) in [4.78, 5) is 26.4. The highest BCUT2D eigenvalue weighted by atomic mass is 16.5. The van der Waals surface area contributed by atoms with Crippen molar-refractivity contribution in [3.05, 3.63) is 35.9 Å². The van der Waals surface area contributed by atoms with Crippen LogP contribution in [-0.4, -0.2) is 50.1 Å². The lowest BCUT2D eigenvalue weighted by Gasteiger charge is -2.40. The number of ether oxygens (including phenoxy) is 1. The van der Waals surface area contributed by atoms with E-state index in [-0.39, 0.29) is 18.4 Å². The Labute approximate surface area is 138 Å². The molecule has 0 aliphatic carbocycles. The predicted octanol–water partition coefficient (Wildman–Crippen LogP) is 1.62. The van der Waals surface area contributed by atoms with E-state index in [1.807, 2.05) is 25.1 Å². The van der Waals surface area contributed by atoms with Gasteiger partial charge in [0, 0.05) is 26.7 Å². The zero-order chi connectivity index (χ0) is 16.7. The van der Waals surface area contributed by atoms with E-state index in [1.54, 1.807) is 4.90 Å². The van der Waals surface area contributed by atoms with Crippen LogP contribution in [0.2, 0.25) is 0 Å². The fourth-order valence-corrected chi connectivity index (χ4v) is 3.22. The van der Waals surface area contributed by atoms with Crippen molar-refractivity contribution in [2.75, 3.05) is 33.4 Å². The lowest BCUT2D eigenvalue weighted by atomic mass is 9.73. The van der Waals surface area contributed by atoms with Gasteiger partial charge in [0.1, 0.15) is 6.61 Å². The second kappa shape index (κ2) is 8.11. The van der Waals surface area contributed by atoms with Gasteiger partial charge in [-0.05, 0) is 31.7 Å². The van der Waals surface area contributed by atoms with Gasteiger partial charge in [-0.15, -0.1) is 0 Å². The smallest absolute Gasteiger partial charge is 0.248 e. The predicted molar refractivity (Wildman–Crippen MR) is 89.0 cm³/mol. The van der Waals surface area contributed by atoms with E-state index in [0.29, 0.717) is 38.9 Å². The van der Waals surface area contributed by atoms with E-state index in [0.717, 1.165) is 5.56 Å². The molecule has 0 radical (unpaired) electrons. The summed E-state index contributed by atoms with van der Waals surface area (Å²) in [5.74, 6) is 0.0967. The van der Waals surface area contributed by atoms with Crippen LogP contribution in [0, 0.1) is 5.41 Å². The first kappa shape index (κ1) is 17.5. The van der Waals surface area contributed by atoms with Crippen LogP contribution in [0.1, 0.15) is 25.3 Å². The maximum atomic E-state index is 12.7. The van der Waals surface area contributed by atoms with Gasteiger partial charge in [0.15, 0.2) is 0 Å². The first-order chi connectivity index (χ1) is 11.1. The zero-order valence-electron chi connectivity index (χ0n) is 14.0. The molecule has 2 amide bonds. The average Bonchev–Trinajstić information content (AvgIpc) is 2.57. The topological polar surface area (TPSA) is 58.6 Å². The minimum absolute atomic E-state index is 0.00305. The van der Waals surface area contributed by atoms with Gasteiger partial charge in [-0.1, -0.05) is 30.3 Å². The molecule has 1 aromatic carbocycles. The number of amides is 2. The van der Waals surface area contributed by atoms with Gasteiger partial charge in [-0.2, -0.15) is 0 Å². The van der Waals surface area contributed by atoms with Crippen LogP contribution in [0.3, 0.4) is 0 Å². The van der Waals surface area contributed by atoms with E-state index in [2.05, 4.69) is 17.4 Å². The fourth-order valence-electron chi connectivity index (χ4n) is 3.22. The number of nitrogens with one attached hydrogen (secondary N) is 1. The summed E-state index contributed by atoms with van der Waals surface area (Å²) in [5, 5.41) is 2.98. The molecule has 1 N–H and O–H groups in total. The number of benzene rings is 1. The van der Waals surface area contributed by atoms with Crippen molar-refractivity contribution in [2.45, 2.75) is 26.2 Å². The summed E-state index contributed by atoms with van der Waals surface area (Å²) in [6, 6.07) is 10.1. The molecule has 126 valence electrons. The number of carbonyl (C=O) groups is 2. The monoisotopic (exact) mass is 318 g/mol. The molecule has 0 spiro atoms. The normalized spacial score (nSPS) is 16.9. The van der Waals surface area contributed by atoms with Gasteiger partial charge < -0.3 is 15.0 Å². The number of nitrogens with zero attached hydrogens (tertiary/aromatic N) is 1. The molecule has 1 heterocycles. The Hall–Kier alpha value is -1.88. The number of methoxy groups -OCH3 is 1. The number of likely N-dealkylation sites (tertiary alicyclic amines) is 1. The molecule has 23 heavy (non-hydrogen) atoms. The van der Waals surface area contributed by atoms with E-state index in [9.17, 15) is 9.59 Å². The molecule has 0 saturated carbocycles. The van der Waals surface area contributed by atoms with Crippen molar-refractivity contribution in [3.63, 3.8) is 0 Å². The second-order valence-corrected chi connectivity index (χ2v) is 6.12. The lowest BCUT2D eigenvalue weighted by Crippen LogP contribution is -2.51. The van der Waals surface area contributed by atoms with Crippen molar-refractivity contribution in [1.82, 2.24) is 10.2 Å². The van der Waals surface area contributed by atoms with Crippen LogP contribution in [-0.2, 0) is 20.7 Å². The van der Waals surface area contributed by atoms with Crippen LogP contribution >= 0.6 is 0 Å². The molecular weight excluding hydrogens is 292 g/mol. The zero-order valence-corrected chi connectivity index (χ0v) is 14.0. The Kier molecular flexibility index (Phi) is 6.16. The summed E-state index contributed by atoms with van der Waals surface area (Å²) in [7, 11) is 1.52. The third-order valence-electron chi connectivity index (χ3n) is 4.55. The summed E-state index contributed by atoms with van der Waals surface area (Å²) in [6.07, 6.45) is 2.08. The van der Waals surface area contributed by atoms with E-state index in [4.69, 9.17) is 4.74 Å². The number of hydrogen-bond donors (Lipinski definition) is 1. The van der Waals surface area contributed by atoms with Gasteiger partial charge >= 0.3 is 0 Å². The molecule has 5 nitrogen and oxygen atoms in total. The minimum Gasteiger partial charge on any atom is -0.375 e. The molecule has 2 rings (SSSR count). The number of carbonyl (C=O) groups excluding carboxylic acids is 2. The van der Waals surface area contributed by atoms with Gasteiger partial charge in [0.25, 0.3) is 0 Å². The van der Waals surface area contributed by atoms with Gasteiger partial charge in [0.05, 0.1) is 5.41 Å². The van der Waals surface area contributed by atoms with E-state index < -0.39 is 5.41 Å². The summed E-state index contributed by atoms with van der Waals surface area (Å²) < 4.78 is 4.92. The highest BCUT2D eigenvalue weighted by molar-refractivity contribution is 5.84. The Morgan fingerprint density at radius 1 is 1.22 bits per heavy atom. The molecule has 1 fully saturated rings. The highest BCUT2D eigenvalue weighted by Crippen LogP contribution is 2.35. The van der Waals surface area contributed by atoms with Gasteiger partial charge in [-0.3, -0.25) is 9.59 Å². The van der Waals surface area contributed by atoms with Crippen molar-refractivity contribution in [3.8, 4) is 0 Å². The molecule has 1 saturated heterocycles.